The van der Waals surface area contributed by atoms with Crippen molar-refractivity contribution < 1.29 is 4.74 Å². The third kappa shape index (κ3) is 5.29. The van der Waals surface area contributed by atoms with Gasteiger partial charge in [-0.3, -0.25) is 0 Å². The van der Waals surface area contributed by atoms with E-state index in [4.69, 9.17) is 16.3 Å². The van der Waals surface area contributed by atoms with Crippen molar-refractivity contribution in [1.82, 2.24) is 4.98 Å². The fourth-order valence-electron chi connectivity index (χ4n) is 3.29. The van der Waals surface area contributed by atoms with Gasteiger partial charge in [0.15, 0.2) is 0 Å². The number of hydrogen-bond acceptors (Lipinski definition) is 2. The lowest BCUT2D eigenvalue weighted by Crippen LogP contribution is -1.98. The number of rotatable bonds is 7. The highest BCUT2D eigenvalue weighted by molar-refractivity contribution is 9.08. The van der Waals surface area contributed by atoms with Crippen LogP contribution >= 0.6 is 27.5 Å². The molecule has 3 aromatic carbocycles. The summed E-state index contributed by atoms with van der Waals surface area (Å²) in [6, 6.07) is 26.3. The quantitative estimate of drug-likeness (QED) is 0.255. The minimum atomic E-state index is 0.411. The van der Waals surface area contributed by atoms with Crippen LogP contribution in [0.15, 0.2) is 84.9 Å². The molecular formula is C26H21BrClNO. The Morgan fingerprint density at radius 2 is 1.73 bits per heavy atom. The van der Waals surface area contributed by atoms with Crippen molar-refractivity contribution in [3.8, 4) is 5.75 Å². The van der Waals surface area contributed by atoms with Gasteiger partial charge in [0, 0.05) is 15.7 Å². The molecule has 4 rings (SSSR count). The summed E-state index contributed by atoms with van der Waals surface area (Å²) in [5.74, 6) is 0.825. The molecule has 30 heavy (non-hydrogen) atoms. The normalized spacial score (nSPS) is 11.3. The summed E-state index contributed by atoms with van der Waals surface area (Å²) in [5, 5.41) is 2.62. The Hall–Kier alpha value is -2.62. The maximum Gasteiger partial charge on any atom is 0.130 e. The van der Waals surface area contributed by atoms with Crippen LogP contribution in [0.1, 0.15) is 22.4 Å². The summed E-state index contributed by atoms with van der Waals surface area (Å²) in [6.45, 7) is 0.411. The van der Waals surface area contributed by atoms with Gasteiger partial charge in [0.25, 0.3) is 0 Å². The Labute approximate surface area is 190 Å². The van der Waals surface area contributed by atoms with E-state index in [2.05, 4.69) is 63.4 Å². The van der Waals surface area contributed by atoms with E-state index in [1.807, 2.05) is 48.5 Å². The van der Waals surface area contributed by atoms with Gasteiger partial charge in [0.1, 0.15) is 12.4 Å². The largest absolute Gasteiger partial charge is 0.487 e. The molecule has 0 bridgehead atoms. The molecule has 150 valence electrons. The zero-order valence-corrected chi connectivity index (χ0v) is 18.7. The first-order chi connectivity index (χ1) is 14.7. The molecule has 0 aliphatic carbocycles. The van der Waals surface area contributed by atoms with Crippen molar-refractivity contribution in [2.75, 3.05) is 0 Å². The molecular weight excluding hydrogens is 458 g/mol. The minimum Gasteiger partial charge on any atom is -0.487 e. The second-order valence-electron chi connectivity index (χ2n) is 7.01. The Morgan fingerprint density at radius 1 is 0.900 bits per heavy atom. The van der Waals surface area contributed by atoms with E-state index in [0.29, 0.717) is 11.6 Å². The number of pyridine rings is 1. The van der Waals surface area contributed by atoms with Crippen molar-refractivity contribution in [2.24, 2.45) is 0 Å². The molecule has 0 unspecified atom stereocenters. The first-order valence-corrected chi connectivity index (χ1v) is 11.3. The number of hydrogen-bond donors (Lipinski definition) is 0. The summed E-state index contributed by atoms with van der Waals surface area (Å²) in [5.41, 5.74) is 5.52. The first-order valence-electron chi connectivity index (χ1n) is 9.78. The van der Waals surface area contributed by atoms with Gasteiger partial charge >= 0.3 is 0 Å². The number of aromatic nitrogens is 1. The maximum absolute atomic E-state index is 6.08. The molecule has 0 radical (unpaired) electrons. The number of halogens is 2. The molecule has 4 aromatic rings. The predicted octanol–water partition coefficient (Wildman–Crippen LogP) is 7.62. The molecule has 0 saturated carbocycles. The van der Waals surface area contributed by atoms with E-state index in [-0.39, 0.29) is 0 Å². The molecule has 0 fully saturated rings. The molecule has 0 saturated heterocycles. The minimum absolute atomic E-state index is 0.411. The molecule has 2 nitrogen and oxygen atoms in total. The van der Waals surface area contributed by atoms with Crippen molar-refractivity contribution in [3.63, 3.8) is 0 Å². The van der Waals surface area contributed by atoms with Gasteiger partial charge in [0.2, 0.25) is 0 Å². The number of allylic oxidation sites excluding steroid dienone is 1. The van der Waals surface area contributed by atoms with Gasteiger partial charge in [-0.05, 0) is 53.4 Å². The molecule has 0 spiro atoms. The van der Waals surface area contributed by atoms with Gasteiger partial charge in [-0.25, -0.2) is 4.98 Å². The van der Waals surface area contributed by atoms with E-state index in [1.165, 1.54) is 11.1 Å². The molecule has 0 amide bonds. The van der Waals surface area contributed by atoms with Gasteiger partial charge in [-0.15, -0.1) is 0 Å². The average Bonchev–Trinajstić information content (AvgIpc) is 2.78. The zero-order valence-electron chi connectivity index (χ0n) is 16.4. The van der Waals surface area contributed by atoms with Crippen LogP contribution in [0.2, 0.25) is 5.02 Å². The lowest BCUT2D eigenvalue weighted by molar-refractivity contribution is 0.302. The second kappa shape index (κ2) is 9.92. The fourth-order valence-corrected chi connectivity index (χ4v) is 4.00. The van der Waals surface area contributed by atoms with E-state index in [9.17, 15) is 0 Å². The lowest BCUT2D eigenvalue weighted by atomic mass is 10.1. The van der Waals surface area contributed by atoms with Gasteiger partial charge in [-0.2, -0.15) is 0 Å². The van der Waals surface area contributed by atoms with E-state index < -0.39 is 0 Å². The molecule has 0 atom stereocenters. The summed E-state index contributed by atoms with van der Waals surface area (Å²) in [4.78, 5) is 4.65. The number of fused-ring (bicyclic) bond motifs is 1. The molecule has 0 aliphatic rings. The Balaban J connectivity index is 1.41. The van der Waals surface area contributed by atoms with E-state index in [0.717, 1.165) is 39.7 Å². The molecule has 0 N–H and O–H groups in total. The van der Waals surface area contributed by atoms with Crippen LogP contribution in [-0.4, -0.2) is 4.98 Å². The third-order valence-corrected chi connectivity index (χ3v) is 5.71. The monoisotopic (exact) mass is 477 g/mol. The molecule has 1 heterocycles. The molecule has 4 heteroatoms. The molecule has 1 aromatic heterocycles. The molecule has 0 aliphatic heterocycles. The Kier molecular flexibility index (Phi) is 6.83. The van der Waals surface area contributed by atoms with Crippen molar-refractivity contribution >= 4 is 44.5 Å². The predicted molar refractivity (Wildman–Crippen MR) is 129 cm³/mol. The smallest absolute Gasteiger partial charge is 0.130 e. The van der Waals surface area contributed by atoms with Crippen LogP contribution in [0.4, 0.5) is 0 Å². The topological polar surface area (TPSA) is 22.1 Å². The highest BCUT2D eigenvalue weighted by Crippen LogP contribution is 2.20. The standard InChI is InChI=1S/C26H21BrClNO/c27-17-22-8-2-1-7-20(22)9-3-5-19-6-4-10-25(15-19)30-18-24-14-12-21-11-13-23(28)16-26(21)29-24/h1-8,10-16H,9,17-18H2/b5-3+. The summed E-state index contributed by atoms with van der Waals surface area (Å²) in [7, 11) is 0. The third-order valence-electron chi connectivity index (χ3n) is 4.87. The maximum atomic E-state index is 6.08. The van der Waals surface area contributed by atoms with Gasteiger partial charge < -0.3 is 4.74 Å². The van der Waals surface area contributed by atoms with E-state index in [1.54, 1.807) is 0 Å². The number of alkyl halides is 1. The van der Waals surface area contributed by atoms with Crippen LogP contribution < -0.4 is 4.74 Å². The number of benzene rings is 3. The van der Waals surface area contributed by atoms with Crippen molar-refractivity contribution in [1.29, 1.82) is 0 Å². The zero-order chi connectivity index (χ0) is 20.8. The Morgan fingerprint density at radius 3 is 2.60 bits per heavy atom. The van der Waals surface area contributed by atoms with Gasteiger partial charge in [-0.1, -0.05) is 88.2 Å². The highest BCUT2D eigenvalue weighted by Gasteiger charge is 2.02. The van der Waals surface area contributed by atoms with Crippen molar-refractivity contribution in [2.45, 2.75) is 18.4 Å². The average molecular weight is 479 g/mol. The lowest BCUT2D eigenvalue weighted by Gasteiger charge is -2.08. The summed E-state index contributed by atoms with van der Waals surface area (Å²) in [6.07, 6.45) is 5.22. The highest BCUT2D eigenvalue weighted by atomic mass is 79.9. The summed E-state index contributed by atoms with van der Waals surface area (Å²) < 4.78 is 5.98. The first kappa shape index (κ1) is 20.6. The van der Waals surface area contributed by atoms with Gasteiger partial charge in [0.05, 0.1) is 11.2 Å². The second-order valence-corrected chi connectivity index (χ2v) is 8.01. The number of nitrogens with zero attached hydrogens (tertiary/aromatic N) is 1. The van der Waals surface area contributed by atoms with Crippen LogP contribution in [-0.2, 0) is 18.4 Å². The van der Waals surface area contributed by atoms with E-state index >= 15 is 0 Å². The van der Waals surface area contributed by atoms with Crippen LogP contribution in [0.25, 0.3) is 17.0 Å². The SMILES string of the molecule is Clc1ccc2ccc(COc3cccc(/C=C/Cc4ccccc4CBr)c3)nc2c1. The summed E-state index contributed by atoms with van der Waals surface area (Å²) >= 11 is 9.63. The van der Waals surface area contributed by atoms with Crippen molar-refractivity contribution in [3.05, 3.63) is 112 Å². The van der Waals surface area contributed by atoms with Crippen LogP contribution in [0.3, 0.4) is 0 Å². The Bertz CT molecular complexity index is 1190. The van der Waals surface area contributed by atoms with Crippen LogP contribution in [0.5, 0.6) is 5.75 Å². The van der Waals surface area contributed by atoms with Crippen LogP contribution in [0, 0.1) is 0 Å². The fraction of sp³-hybridized carbons (Fsp3) is 0.115. The number of ether oxygens (including phenoxy) is 1.